The molecule has 0 aromatic heterocycles. The predicted molar refractivity (Wildman–Crippen MR) is 61.8 cm³/mol. The number of carboxylic acids is 1. The third kappa shape index (κ3) is 4.60. The highest BCUT2D eigenvalue weighted by molar-refractivity contribution is 5.73. The molecule has 1 fully saturated rings. The van der Waals surface area contributed by atoms with E-state index >= 15 is 0 Å². The standard InChI is InChI=1S/C11H20N2O4/c1-11(2,3)17-10(16)13-5-4-12-6-8(7-13)9(14)15/h8,12H,4-7H2,1-3H3,(H,14,15). The zero-order chi connectivity index (χ0) is 13.1. The average Bonchev–Trinajstić information content (AvgIpc) is 2.39. The van der Waals surface area contributed by atoms with Crippen molar-refractivity contribution in [1.82, 2.24) is 10.2 Å². The summed E-state index contributed by atoms with van der Waals surface area (Å²) in [6.45, 7) is 6.99. The summed E-state index contributed by atoms with van der Waals surface area (Å²) >= 11 is 0. The van der Waals surface area contributed by atoms with Crippen LogP contribution in [0.1, 0.15) is 20.8 Å². The molecule has 0 spiro atoms. The number of aliphatic carboxylic acids is 1. The lowest BCUT2D eigenvalue weighted by Gasteiger charge is -2.27. The monoisotopic (exact) mass is 244 g/mol. The first-order chi connectivity index (χ1) is 7.79. The number of carbonyl (C=O) groups is 2. The van der Waals surface area contributed by atoms with Gasteiger partial charge in [0.05, 0.1) is 5.92 Å². The Labute approximate surface area is 101 Å². The molecule has 6 heteroatoms. The van der Waals surface area contributed by atoms with Gasteiger partial charge in [0.15, 0.2) is 0 Å². The third-order valence-electron chi connectivity index (χ3n) is 2.39. The highest BCUT2D eigenvalue weighted by Gasteiger charge is 2.29. The van der Waals surface area contributed by atoms with Crippen molar-refractivity contribution in [3.63, 3.8) is 0 Å². The van der Waals surface area contributed by atoms with Gasteiger partial charge in [0.25, 0.3) is 0 Å². The first kappa shape index (κ1) is 13.8. The fourth-order valence-corrected chi connectivity index (χ4v) is 1.57. The number of nitrogens with one attached hydrogen (secondary N) is 1. The van der Waals surface area contributed by atoms with E-state index in [1.165, 1.54) is 4.90 Å². The Morgan fingerprint density at radius 3 is 2.59 bits per heavy atom. The summed E-state index contributed by atoms with van der Waals surface area (Å²) in [5.41, 5.74) is -0.560. The van der Waals surface area contributed by atoms with Crippen LogP contribution < -0.4 is 5.32 Å². The fraction of sp³-hybridized carbons (Fsp3) is 0.818. The summed E-state index contributed by atoms with van der Waals surface area (Å²) in [7, 11) is 0. The molecular formula is C11H20N2O4. The average molecular weight is 244 g/mol. The minimum atomic E-state index is -0.895. The number of hydrogen-bond donors (Lipinski definition) is 2. The minimum Gasteiger partial charge on any atom is -0.481 e. The highest BCUT2D eigenvalue weighted by atomic mass is 16.6. The van der Waals surface area contributed by atoms with Crippen molar-refractivity contribution in [2.45, 2.75) is 26.4 Å². The van der Waals surface area contributed by atoms with Gasteiger partial charge in [0, 0.05) is 26.2 Å². The quantitative estimate of drug-likeness (QED) is 0.703. The number of amides is 1. The molecule has 17 heavy (non-hydrogen) atoms. The highest BCUT2D eigenvalue weighted by Crippen LogP contribution is 2.12. The van der Waals surface area contributed by atoms with E-state index in [2.05, 4.69) is 5.32 Å². The number of ether oxygens (including phenoxy) is 1. The smallest absolute Gasteiger partial charge is 0.410 e. The van der Waals surface area contributed by atoms with Gasteiger partial charge in [-0.15, -0.1) is 0 Å². The molecule has 1 heterocycles. The van der Waals surface area contributed by atoms with Crippen LogP contribution in [0.25, 0.3) is 0 Å². The van der Waals surface area contributed by atoms with Crippen molar-refractivity contribution in [3.05, 3.63) is 0 Å². The third-order valence-corrected chi connectivity index (χ3v) is 2.39. The van der Waals surface area contributed by atoms with E-state index in [0.717, 1.165) is 0 Å². The van der Waals surface area contributed by atoms with Gasteiger partial charge < -0.3 is 20.1 Å². The van der Waals surface area contributed by atoms with Crippen LogP contribution in [0.2, 0.25) is 0 Å². The van der Waals surface area contributed by atoms with Crippen LogP contribution in [0.4, 0.5) is 4.79 Å². The van der Waals surface area contributed by atoms with Crippen molar-refractivity contribution >= 4 is 12.1 Å². The number of nitrogens with zero attached hydrogens (tertiary/aromatic N) is 1. The zero-order valence-electron chi connectivity index (χ0n) is 10.5. The lowest BCUT2D eigenvalue weighted by molar-refractivity contribution is -0.141. The van der Waals surface area contributed by atoms with Crippen LogP contribution in [0.15, 0.2) is 0 Å². The number of carbonyl (C=O) groups excluding carboxylic acids is 1. The Balaban J connectivity index is 2.62. The molecule has 0 radical (unpaired) electrons. The Hall–Kier alpha value is -1.30. The maximum atomic E-state index is 11.8. The lowest BCUT2D eigenvalue weighted by Crippen LogP contribution is -2.41. The predicted octanol–water partition coefficient (Wildman–Crippen LogP) is 0.527. The van der Waals surface area contributed by atoms with Crippen molar-refractivity contribution in [2.75, 3.05) is 26.2 Å². The molecule has 1 aliphatic rings. The Bertz CT molecular complexity index is 298. The molecule has 2 N–H and O–H groups in total. The SMILES string of the molecule is CC(C)(C)OC(=O)N1CCNCC(C(=O)O)C1. The number of rotatable bonds is 1. The molecule has 0 aromatic rings. The summed E-state index contributed by atoms with van der Waals surface area (Å²) in [6.07, 6.45) is -0.451. The van der Waals surface area contributed by atoms with Crippen LogP contribution in [0.3, 0.4) is 0 Å². The summed E-state index contributed by atoms with van der Waals surface area (Å²) in [5, 5.41) is 12.0. The largest absolute Gasteiger partial charge is 0.481 e. The van der Waals surface area contributed by atoms with E-state index < -0.39 is 23.6 Å². The lowest BCUT2D eigenvalue weighted by atomic mass is 10.1. The minimum absolute atomic E-state index is 0.192. The summed E-state index contributed by atoms with van der Waals surface area (Å²) < 4.78 is 5.23. The molecule has 1 saturated heterocycles. The Morgan fingerprint density at radius 2 is 2.06 bits per heavy atom. The first-order valence-corrected chi connectivity index (χ1v) is 5.71. The molecule has 0 aromatic carbocycles. The Kier molecular flexibility index (Phi) is 4.34. The maximum Gasteiger partial charge on any atom is 0.410 e. The number of carboxylic acid groups (broad SMARTS) is 1. The van der Waals surface area contributed by atoms with E-state index in [1.807, 2.05) is 0 Å². The van der Waals surface area contributed by atoms with E-state index in [0.29, 0.717) is 19.6 Å². The summed E-state index contributed by atoms with van der Waals surface area (Å²) in [4.78, 5) is 24.2. The first-order valence-electron chi connectivity index (χ1n) is 5.71. The van der Waals surface area contributed by atoms with Crippen molar-refractivity contribution in [1.29, 1.82) is 0 Å². The summed E-state index contributed by atoms with van der Waals surface area (Å²) in [6, 6.07) is 0. The van der Waals surface area contributed by atoms with Gasteiger partial charge in [-0.1, -0.05) is 0 Å². The fourth-order valence-electron chi connectivity index (χ4n) is 1.57. The van der Waals surface area contributed by atoms with E-state index in [4.69, 9.17) is 9.84 Å². The molecule has 1 atom stereocenters. The second-order valence-electron chi connectivity index (χ2n) is 5.17. The Morgan fingerprint density at radius 1 is 1.41 bits per heavy atom. The molecular weight excluding hydrogens is 224 g/mol. The van der Waals surface area contributed by atoms with Crippen LogP contribution in [-0.2, 0) is 9.53 Å². The second-order valence-corrected chi connectivity index (χ2v) is 5.17. The molecule has 1 aliphatic heterocycles. The van der Waals surface area contributed by atoms with Crippen molar-refractivity contribution in [2.24, 2.45) is 5.92 Å². The van der Waals surface area contributed by atoms with Gasteiger partial charge in [-0.3, -0.25) is 4.79 Å². The van der Waals surface area contributed by atoms with Crippen LogP contribution in [0, 0.1) is 5.92 Å². The normalized spacial score (nSPS) is 21.8. The van der Waals surface area contributed by atoms with Crippen molar-refractivity contribution in [3.8, 4) is 0 Å². The van der Waals surface area contributed by atoms with Crippen LogP contribution in [-0.4, -0.2) is 53.8 Å². The topological polar surface area (TPSA) is 78.9 Å². The number of hydrogen-bond acceptors (Lipinski definition) is 4. The van der Waals surface area contributed by atoms with Gasteiger partial charge in [0.2, 0.25) is 0 Å². The second kappa shape index (κ2) is 5.35. The molecule has 0 aliphatic carbocycles. The molecule has 1 unspecified atom stereocenters. The molecule has 98 valence electrons. The van der Waals surface area contributed by atoms with E-state index in [9.17, 15) is 9.59 Å². The molecule has 0 saturated carbocycles. The van der Waals surface area contributed by atoms with Gasteiger partial charge in [-0.25, -0.2) is 4.79 Å². The molecule has 1 rings (SSSR count). The molecule has 6 nitrogen and oxygen atoms in total. The van der Waals surface area contributed by atoms with E-state index in [1.54, 1.807) is 20.8 Å². The van der Waals surface area contributed by atoms with Crippen LogP contribution in [0.5, 0.6) is 0 Å². The molecule has 0 bridgehead atoms. The zero-order valence-corrected chi connectivity index (χ0v) is 10.5. The van der Waals surface area contributed by atoms with E-state index in [-0.39, 0.29) is 6.54 Å². The van der Waals surface area contributed by atoms with Gasteiger partial charge in [-0.05, 0) is 20.8 Å². The van der Waals surface area contributed by atoms with Gasteiger partial charge in [-0.2, -0.15) is 0 Å². The summed E-state index contributed by atoms with van der Waals surface area (Å²) in [5.74, 6) is -1.47. The van der Waals surface area contributed by atoms with Gasteiger partial charge in [0.1, 0.15) is 5.60 Å². The van der Waals surface area contributed by atoms with Crippen molar-refractivity contribution < 1.29 is 19.4 Å². The molecule has 1 amide bonds. The maximum absolute atomic E-state index is 11.8. The van der Waals surface area contributed by atoms with Gasteiger partial charge >= 0.3 is 12.1 Å². The van der Waals surface area contributed by atoms with Crippen LogP contribution >= 0.6 is 0 Å².